The standard InChI is InChI=1S/C24H24N4O/c1-3-5-17(6-4-2)15-18-7-11-20(12-8-18)26-23(29)14-10-19-9-13-22-21(16-19)24(25)28-27-22/h3-14,16H,1,15H2,2H3,(H,26,29)(H3,25,27,28)/b6-4-,14-10+,17-5+. The molecule has 146 valence electrons. The van der Waals surface area contributed by atoms with Crippen LogP contribution in [-0.4, -0.2) is 16.1 Å². The summed E-state index contributed by atoms with van der Waals surface area (Å²) in [7, 11) is 0. The van der Waals surface area contributed by atoms with Gasteiger partial charge in [-0.05, 0) is 60.4 Å². The second-order valence-corrected chi connectivity index (χ2v) is 6.59. The van der Waals surface area contributed by atoms with Crippen LogP contribution in [-0.2, 0) is 11.2 Å². The fourth-order valence-electron chi connectivity index (χ4n) is 2.99. The van der Waals surface area contributed by atoms with Crippen LogP contribution in [0, 0.1) is 0 Å². The summed E-state index contributed by atoms with van der Waals surface area (Å²) >= 11 is 0. The molecule has 0 aliphatic carbocycles. The highest BCUT2D eigenvalue weighted by atomic mass is 16.1. The van der Waals surface area contributed by atoms with Crippen molar-refractivity contribution in [2.45, 2.75) is 13.3 Å². The van der Waals surface area contributed by atoms with Gasteiger partial charge in [-0.3, -0.25) is 9.89 Å². The van der Waals surface area contributed by atoms with E-state index in [-0.39, 0.29) is 5.91 Å². The monoisotopic (exact) mass is 384 g/mol. The molecule has 0 saturated carbocycles. The SMILES string of the molecule is C=C/C=C(\C=C/C)Cc1ccc(NC(=O)/C=C/c2ccc3[nH]nc(N)c3c2)cc1. The van der Waals surface area contributed by atoms with Crippen LogP contribution in [0.2, 0.25) is 0 Å². The number of nitrogens with zero attached hydrogens (tertiary/aromatic N) is 1. The Kier molecular flexibility index (Phi) is 6.43. The third-order valence-electron chi connectivity index (χ3n) is 4.39. The zero-order valence-corrected chi connectivity index (χ0v) is 16.4. The highest BCUT2D eigenvalue weighted by molar-refractivity contribution is 6.02. The smallest absolute Gasteiger partial charge is 0.248 e. The number of fused-ring (bicyclic) bond motifs is 1. The number of amides is 1. The number of rotatable bonds is 7. The molecular weight excluding hydrogens is 360 g/mol. The lowest BCUT2D eigenvalue weighted by molar-refractivity contribution is -0.111. The van der Waals surface area contributed by atoms with Crippen LogP contribution in [0.15, 0.2) is 85.0 Å². The van der Waals surface area contributed by atoms with Crippen molar-refractivity contribution < 1.29 is 4.79 Å². The summed E-state index contributed by atoms with van der Waals surface area (Å²) in [5, 5.41) is 10.5. The van der Waals surface area contributed by atoms with Crippen molar-refractivity contribution >= 4 is 34.4 Å². The number of aromatic amines is 1. The highest BCUT2D eigenvalue weighted by Crippen LogP contribution is 2.20. The number of aromatic nitrogens is 2. The van der Waals surface area contributed by atoms with E-state index >= 15 is 0 Å². The van der Waals surface area contributed by atoms with E-state index < -0.39 is 0 Å². The normalized spacial score (nSPS) is 12.1. The minimum absolute atomic E-state index is 0.195. The number of carbonyl (C=O) groups excluding carboxylic acids is 1. The Bertz CT molecular complexity index is 1100. The molecule has 29 heavy (non-hydrogen) atoms. The molecule has 4 N–H and O–H groups in total. The third kappa shape index (κ3) is 5.32. The number of carbonyl (C=O) groups is 1. The minimum Gasteiger partial charge on any atom is -0.382 e. The van der Waals surface area contributed by atoms with Crippen LogP contribution in [0.4, 0.5) is 11.5 Å². The first kappa shape index (κ1) is 19.9. The van der Waals surface area contributed by atoms with E-state index in [2.05, 4.69) is 28.2 Å². The summed E-state index contributed by atoms with van der Waals surface area (Å²) in [6, 6.07) is 13.5. The van der Waals surface area contributed by atoms with Crippen LogP contribution >= 0.6 is 0 Å². The Hall–Kier alpha value is -3.86. The summed E-state index contributed by atoms with van der Waals surface area (Å²) in [5.41, 5.74) is 10.7. The molecule has 5 heteroatoms. The quantitative estimate of drug-likeness (QED) is 0.395. The molecule has 0 aliphatic rings. The van der Waals surface area contributed by atoms with Crippen molar-refractivity contribution in [2.75, 3.05) is 11.1 Å². The zero-order valence-electron chi connectivity index (χ0n) is 16.4. The molecule has 0 atom stereocenters. The van der Waals surface area contributed by atoms with Gasteiger partial charge >= 0.3 is 0 Å². The zero-order chi connectivity index (χ0) is 20.6. The van der Waals surface area contributed by atoms with Crippen molar-refractivity contribution in [3.63, 3.8) is 0 Å². The van der Waals surface area contributed by atoms with E-state index in [1.807, 2.05) is 61.5 Å². The predicted octanol–water partition coefficient (Wildman–Crippen LogP) is 5.03. The van der Waals surface area contributed by atoms with Crippen LogP contribution in [0.3, 0.4) is 0 Å². The molecule has 0 radical (unpaired) electrons. The van der Waals surface area contributed by atoms with Gasteiger partial charge in [-0.2, -0.15) is 5.10 Å². The molecule has 0 spiro atoms. The lowest BCUT2D eigenvalue weighted by Gasteiger charge is -2.06. The number of nitrogens with two attached hydrogens (primary N) is 1. The van der Waals surface area contributed by atoms with Gasteiger partial charge < -0.3 is 11.1 Å². The van der Waals surface area contributed by atoms with Gasteiger partial charge in [0.15, 0.2) is 5.82 Å². The van der Waals surface area contributed by atoms with Crippen molar-refractivity contribution in [2.24, 2.45) is 0 Å². The van der Waals surface area contributed by atoms with E-state index in [9.17, 15) is 4.79 Å². The molecular formula is C24H24N4O. The molecule has 1 aromatic heterocycles. The molecule has 5 nitrogen and oxygen atoms in total. The minimum atomic E-state index is -0.195. The summed E-state index contributed by atoms with van der Waals surface area (Å²) in [6.07, 6.45) is 11.9. The average molecular weight is 384 g/mol. The fourth-order valence-corrected chi connectivity index (χ4v) is 2.99. The molecule has 3 rings (SSSR count). The maximum Gasteiger partial charge on any atom is 0.248 e. The van der Waals surface area contributed by atoms with E-state index in [1.165, 1.54) is 11.6 Å². The summed E-state index contributed by atoms with van der Waals surface area (Å²) in [4.78, 5) is 12.2. The number of H-pyrrole nitrogens is 1. The van der Waals surface area contributed by atoms with E-state index in [0.29, 0.717) is 5.82 Å². The number of anilines is 2. The van der Waals surface area contributed by atoms with E-state index in [1.54, 1.807) is 12.2 Å². The molecule has 0 bridgehead atoms. The summed E-state index contributed by atoms with van der Waals surface area (Å²) < 4.78 is 0. The molecule has 3 aromatic rings. The number of allylic oxidation sites excluding steroid dienone is 5. The molecule has 0 saturated heterocycles. The number of hydrogen-bond donors (Lipinski definition) is 3. The van der Waals surface area contributed by atoms with Crippen molar-refractivity contribution in [1.82, 2.24) is 10.2 Å². The molecule has 0 aliphatic heterocycles. The van der Waals surface area contributed by atoms with Gasteiger partial charge in [0.25, 0.3) is 0 Å². The Labute approximate surface area is 170 Å². The lowest BCUT2D eigenvalue weighted by atomic mass is 10.0. The average Bonchev–Trinajstić information content (AvgIpc) is 3.09. The topological polar surface area (TPSA) is 83.8 Å². The van der Waals surface area contributed by atoms with Gasteiger partial charge in [0.2, 0.25) is 5.91 Å². The van der Waals surface area contributed by atoms with Gasteiger partial charge in [0.05, 0.1) is 5.52 Å². The Morgan fingerprint density at radius 3 is 2.72 bits per heavy atom. The van der Waals surface area contributed by atoms with E-state index in [4.69, 9.17) is 5.73 Å². The van der Waals surface area contributed by atoms with Crippen LogP contribution in [0.1, 0.15) is 18.1 Å². The van der Waals surface area contributed by atoms with Crippen LogP contribution < -0.4 is 11.1 Å². The first-order valence-electron chi connectivity index (χ1n) is 9.35. The first-order chi connectivity index (χ1) is 14.1. The van der Waals surface area contributed by atoms with Crippen molar-refractivity contribution in [3.8, 4) is 0 Å². The van der Waals surface area contributed by atoms with Crippen molar-refractivity contribution in [3.05, 3.63) is 96.1 Å². The molecule has 0 unspecified atom stereocenters. The second-order valence-electron chi connectivity index (χ2n) is 6.59. The summed E-state index contributed by atoms with van der Waals surface area (Å²) in [5.74, 6) is 0.250. The van der Waals surface area contributed by atoms with Crippen molar-refractivity contribution in [1.29, 1.82) is 0 Å². The first-order valence-corrected chi connectivity index (χ1v) is 9.35. The second kappa shape index (κ2) is 9.37. The summed E-state index contributed by atoms with van der Waals surface area (Å²) in [6.45, 7) is 5.74. The largest absolute Gasteiger partial charge is 0.382 e. The molecule has 1 heterocycles. The maximum atomic E-state index is 12.2. The van der Waals surface area contributed by atoms with Gasteiger partial charge in [0.1, 0.15) is 0 Å². The maximum absolute atomic E-state index is 12.2. The van der Waals surface area contributed by atoms with Crippen LogP contribution in [0.5, 0.6) is 0 Å². The Balaban J connectivity index is 1.62. The molecule has 0 fully saturated rings. The molecule has 1 amide bonds. The van der Waals surface area contributed by atoms with Gasteiger partial charge in [-0.15, -0.1) is 0 Å². The number of nitrogens with one attached hydrogen (secondary N) is 2. The number of benzene rings is 2. The third-order valence-corrected chi connectivity index (χ3v) is 4.39. The van der Waals surface area contributed by atoms with E-state index in [0.717, 1.165) is 34.1 Å². The van der Waals surface area contributed by atoms with Crippen LogP contribution in [0.25, 0.3) is 17.0 Å². The Morgan fingerprint density at radius 2 is 2.00 bits per heavy atom. The highest BCUT2D eigenvalue weighted by Gasteiger charge is 2.03. The van der Waals surface area contributed by atoms with Gasteiger partial charge in [-0.25, -0.2) is 0 Å². The fraction of sp³-hybridized carbons (Fsp3) is 0.0833. The van der Waals surface area contributed by atoms with Gasteiger partial charge in [0, 0.05) is 17.1 Å². The van der Waals surface area contributed by atoms with Gasteiger partial charge in [-0.1, -0.05) is 49.1 Å². The lowest BCUT2D eigenvalue weighted by Crippen LogP contribution is -2.07. The predicted molar refractivity (Wildman–Crippen MR) is 121 cm³/mol. The Morgan fingerprint density at radius 1 is 1.21 bits per heavy atom. The number of hydrogen-bond acceptors (Lipinski definition) is 3. The number of nitrogen functional groups attached to an aromatic ring is 1. The molecule has 2 aromatic carbocycles.